The molecule has 2 nitrogen and oxygen atoms in total. The summed E-state index contributed by atoms with van der Waals surface area (Å²) in [5.41, 5.74) is 8.47. The molecular weight excluding hydrogens is 198 g/mol. The van der Waals surface area contributed by atoms with E-state index in [1.165, 1.54) is 5.56 Å². The van der Waals surface area contributed by atoms with E-state index in [0.29, 0.717) is 5.92 Å². The van der Waals surface area contributed by atoms with Gasteiger partial charge in [-0.15, -0.1) is 0 Å². The second-order valence-electron chi connectivity index (χ2n) is 5.52. The molecule has 0 radical (unpaired) electrons. The smallest absolute Gasteiger partial charge is 0.0594 e. The van der Waals surface area contributed by atoms with Crippen LogP contribution in [0.3, 0.4) is 0 Å². The zero-order chi connectivity index (χ0) is 12.3. The number of aliphatic hydroxyl groups is 1. The van der Waals surface area contributed by atoms with Crippen LogP contribution in [0.15, 0.2) is 18.2 Å². The molecule has 0 aromatic heterocycles. The lowest BCUT2D eigenvalue weighted by molar-refractivity contribution is 0.0553. The van der Waals surface area contributed by atoms with E-state index in [1.54, 1.807) is 0 Å². The van der Waals surface area contributed by atoms with Gasteiger partial charge >= 0.3 is 0 Å². The molecule has 0 spiro atoms. The van der Waals surface area contributed by atoms with Crippen LogP contribution in [0, 0.1) is 12.8 Å². The Kier molecular flexibility index (Phi) is 3.98. The minimum Gasteiger partial charge on any atom is -0.399 e. The summed E-state index contributed by atoms with van der Waals surface area (Å²) in [5.74, 6) is 0.475. The largest absolute Gasteiger partial charge is 0.399 e. The average molecular weight is 221 g/mol. The molecule has 0 fully saturated rings. The molecule has 0 saturated carbocycles. The minimum atomic E-state index is -0.581. The Morgan fingerprint density at radius 1 is 1.38 bits per heavy atom. The Hall–Kier alpha value is -1.02. The van der Waals surface area contributed by atoms with E-state index in [1.807, 2.05) is 26.8 Å². The second-order valence-corrected chi connectivity index (χ2v) is 5.52. The normalized spacial score (nSPS) is 13.8. The number of anilines is 1. The minimum absolute atomic E-state index is 0.475. The molecule has 1 aromatic carbocycles. The molecule has 0 aliphatic heterocycles. The Morgan fingerprint density at radius 2 is 2.00 bits per heavy atom. The Morgan fingerprint density at radius 3 is 2.50 bits per heavy atom. The standard InChI is InChI=1S/C14H23NO/c1-10(9-14(3,4)16)7-12-5-6-13(15)11(2)8-12/h5-6,8,10,16H,7,9,15H2,1-4H3. The third-order valence-corrected chi connectivity index (χ3v) is 2.77. The van der Waals surface area contributed by atoms with Crippen molar-refractivity contribution in [1.29, 1.82) is 0 Å². The van der Waals surface area contributed by atoms with Gasteiger partial charge in [0.2, 0.25) is 0 Å². The van der Waals surface area contributed by atoms with E-state index in [4.69, 9.17) is 5.73 Å². The fourth-order valence-electron chi connectivity index (χ4n) is 2.19. The van der Waals surface area contributed by atoms with Crippen LogP contribution >= 0.6 is 0 Å². The topological polar surface area (TPSA) is 46.2 Å². The highest BCUT2D eigenvalue weighted by atomic mass is 16.3. The number of hydrogen-bond acceptors (Lipinski definition) is 2. The number of hydrogen-bond donors (Lipinski definition) is 2. The third-order valence-electron chi connectivity index (χ3n) is 2.77. The van der Waals surface area contributed by atoms with Gasteiger partial charge in [-0.3, -0.25) is 0 Å². The van der Waals surface area contributed by atoms with Crippen LogP contribution < -0.4 is 5.73 Å². The Bertz CT molecular complexity index is 352. The van der Waals surface area contributed by atoms with Crippen LogP contribution in [0.1, 0.15) is 38.3 Å². The van der Waals surface area contributed by atoms with Gasteiger partial charge in [0.25, 0.3) is 0 Å². The molecule has 0 bridgehead atoms. The number of nitrogen functional groups attached to an aromatic ring is 1. The lowest BCUT2D eigenvalue weighted by Crippen LogP contribution is -2.22. The van der Waals surface area contributed by atoms with Gasteiger partial charge in [0.1, 0.15) is 0 Å². The summed E-state index contributed by atoms with van der Waals surface area (Å²) < 4.78 is 0. The van der Waals surface area contributed by atoms with Crippen LogP contribution in [0.25, 0.3) is 0 Å². The first-order chi connectivity index (χ1) is 7.28. The van der Waals surface area contributed by atoms with Gasteiger partial charge in [0.05, 0.1) is 5.60 Å². The second kappa shape index (κ2) is 4.88. The van der Waals surface area contributed by atoms with Gasteiger partial charge in [-0.2, -0.15) is 0 Å². The van der Waals surface area contributed by atoms with Gasteiger partial charge < -0.3 is 10.8 Å². The molecule has 90 valence electrons. The highest BCUT2D eigenvalue weighted by Gasteiger charge is 2.17. The predicted octanol–water partition coefficient (Wildman–Crippen LogP) is 2.92. The summed E-state index contributed by atoms with van der Waals surface area (Å²) in [6.45, 7) is 7.92. The SMILES string of the molecule is Cc1cc(CC(C)CC(C)(C)O)ccc1N. The van der Waals surface area contributed by atoms with Crippen molar-refractivity contribution in [1.82, 2.24) is 0 Å². The van der Waals surface area contributed by atoms with Crippen molar-refractivity contribution in [2.24, 2.45) is 5.92 Å². The summed E-state index contributed by atoms with van der Waals surface area (Å²) in [6.07, 6.45) is 1.81. The van der Waals surface area contributed by atoms with E-state index >= 15 is 0 Å². The van der Waals surface area contributed by atoms with Crippen molar-refractivity contribution in [3.63, 3.8) is 0 Å². The molecule has 0 heterocycles. The summed E-state index contributed by atoms with van der Waals surface area (Å²) in [6, 6.07) is 6.17. The first-order valence-corrected chi connectivity index (χ1v) is 5.85. The maximum absolute atomic E-state index is 9.74. The summed E-state index contributed by atoms with van der Waals surface area (Å²) in [7, 11) is 0. The molecule has 16 heavy (non-hydrogen) atoms. The van der Waals surface area contributed by atoms with Crippen molar-refractivity contribution in [2.75, 3.05) is 5.73 Å². The van der Waals surface area contributed by atoms with E-state index in [-0.39, 0.29) is 0 Å². The molecule has 0 aliphatic rings. The number of rotatable bonds is 4. The lowest BCUT2D eigenvalue weighted by Gasteiger charge is -2.22. The van der Waals surface area contributed by atoms with Crippen LogP contribution in [0.2, 0.25) is 0 Å². The van der Waals surface area contributed by atoms with Crippen molar-refractivity contribution in [3.05, 3.63) is 29.3 Å². The Balaban J connectivity index is 2.63. The molecule has 3 N–H and O–H groups in total. The molecule has 0 aliphatic carbocycles. The van der Waals surface area contributed by atoms with Crippen molar-refractivity contribution in [2.45, 2.75) is 46.1 Å². The molecule has 2 heteroatoms. The van der Waals surface area contributed by atoms with E-state index in [2.05, 4.69) is 19.1 Å². The maximum atomic E-state index is 9.74. The quantitative estimate of drug-likeness (QED) is 0.768. The van der Waals surface area contributed by atoms with Gasteiger partial charge in [0.15, 0.2) is 0 Å². The zero-order valence-electron chi connectivity index (χ0n) is 10.7. The van der Waals surface area contributed by atoms with Gasteiger partial charge in [-0.25, -0.2) is 0 Å². The highest BCUT2D eigenvalue weighted by Crippen LogP contribution is 2.21. The fourth-order valence-corrected chi connectivity index (χ4v) is 2.19. The molecular formula is C14H23NO. The summed E-state index contributed by atoms with van der Waals surface area (Å²) >= 11 is 0. The molecule has 0 amide bonds. The van der Waals surface area contributed by atoms with Crippen LogP contribution in [0.5, 0.6) is 0 Å². The summed E-state index contributed by atoms with van der Waals surface area (Å²) in [4.78, 5) is 0. The highest BCUT2D eigenvalue weighted by molar-refractivity contribution is 5.47. The van der Waals surface area contributed by atoms with E-state index in [0.717, 1.165) is 24.1 Å². The van der Waals surface area contributed by atoms with Crippen LogP contribution in [-0.2, 0) is 6.42 Å². The van der Waals surface area contributed by atoms with E-state index < -0.39 is 5.60 Å². The first kappa shape index (κ1) is 13.0. The maximum Gasteiger partial charge on any atom is 0.0594 e. The monoisotopic (exact) mass is 221 g/mol. The van der Waals surface area contributed by atoms with Crippen LogP contribution in [-0.4, -0.2) is 10.7 Å². The van der Waals surface area contributed by atoms with E-state index in [9.17, 15) is 5.11 Å². The summed E-state index contributed by atoms with van der Waals surface area (Å²) in [5, 5.41) is 9.74. The molecule has 1 unspecified atom stereocenters. The average Bonchev–Trinajstić information content (AvgIpc) is 2.08. The molecule has 0 saturated heterocycles. The fraction of sp³-hybridized carbons (Fsp3) is 0.571. The Labute approximate surface area is 98.5 Å². The van der Waals surface area contributed by atoms with Crippen molar-refractivity contribution < 1.29 is 5.11 Å². The molecule has 1 atom stereocenters. The van der Waals surface area contributed by atoms with Crippen molar-refractivity contribution in [3.8, 4) is 0 Å². The molecule has 1 aromatic rings. The lowest BCUT2D eigenvalue weighted by atomic mass is 9.89. The van der Waals surface area contributed by atoms with Gasteiger partial charge in [-0.05, 0) is 56.7 Å². The molecule has 1 rings (SSSR count). The van der Waals surface area contributed by atoms with Gasteiger partial charge in [0, 0.05) is 5.69 Å². The number of nitrogens with two attached hydrogens (primary N) is 1. The first-order valence-electron chi connectivity index (χ1n) is 5.85. The van der Waals surface area contributed by atoms with Gasteiger partial charge in [-0.1, -0.05) is 19.1 Å². The third kappa shape index (κ3) is 4.23. The number of aryl methyl sites for hydroxylation is 1. The predicted molar refractivity (Wildman–Crippen MR) is 69.4 cm³/mol. The number of benzene rings is 1. The zero-order valence-corrected chi connectivity index (χ0v) is 10.7. The van der Waals surface area contributed by atoms with Crippen molar-refractivity contribution >= 4 is 5.69 Å². The van der Waals surface area contributed by atoms with Crippen LogP contribution in [0.4, 0.5) is 5.69 Å².